The van der Waals surface area contributed by atoms with Crippen LogP contribution in [0.3, 0.4) is 0 Å². The maximum atomic E-state index is 12.7. The Balaban J connectivity index is 2.68. The molecule has 1 unspecified atom stereocenters. The molecule has 0 aliphatic rings. The summed E-state index contributed by atoms with van der Waals surface area (Å²) in [5, 5.41) is 1.22. The zero-order valence-electron chi connectivity index (χ0n) is 8.61. The predicted molar refractivity (Wildman–Crippen MR) is 61.2 cm³/mol. The highest BCUT2D eigenvalue weighted by Gasteiger charge is 2.11. The first kappa shape index (κ1) is 11.2. The third-order valence-electron chi connectivity index (χ3n) is 2.45. The van der Waals surface area contributed by atoms with Gasteiger partial charge in [0.1, 0.15) is 0 Å². The predicted octanol–water partition coefficient (Wildman–Crippen LogP) is 3.51. The van der Waals surface area contributed by atoms with Crippen LogP contribution < -0.4 is 0 Å². The van der Waals surface area contributed by atoms with E-state index < -0.39 is 17.2 Å². The summed E-state index contributed by atoms with van der Waals surface area (Å²) in [6, 6.07) is 9.68. The second-order valence-electron chi connectivity index (χ2n) is 3.49. The first-order valence-corrected chi connectivity index (χ1v) is 6.29. The number of alkyl halides is 2. The molecule has 0 heterocycles. The van der Waals surface area contributed by atoms with E-state index in [0.717, 1.165) is 0 Å². The third-order valence-corrected chi connectivity index (χ3v) is 3.37. The minimum atomic E-state index is -2.48. The quantitative estimate of drug-likeness (QED) is 0.785. The molecule has 4 heteroatoms. The summed E-state index contributed by atoms with van der Waals surface area (Å²) in [6.07, 6.45) is -0.917. The fourth-order valence-corrected chi connectivity index (χ4v) is 2.21. The molecule has 2 rings (SSSR count). The molecule has 0 saturated heterocycles. The first-order valence-electron chi connectivity index (χ1n) is 4.74. The monoisotopic (exact) mass is 240 g/mol. The summed E-state index contributed by atoms with van der Waals surface area (Å²) in [5.74, 6) is 0. The molecule has 0 radical (unpaired) electrons. The van der Waals surface area contributed by atoms with Crippen molar-refractivity contribution in [2.24, 2.45) is 0 Å². The second-order valence-corrected chi connectivity index (χ2v) is 4.86. The van der Waals surface area contributed by atoms with Gasteiger partial charge in [-0.3, -0.25) is 4.21 Å². The van der Waals surface area contributed by atoms with Crippen molar-refractivity contribution in [3.05, 3.63) is 42.0 Å². The molecular weight excluding hydrogens is 230 g/mol. The number of benzene rings is 2. The standard InChI is InChI=1S/C12H10F2OS/c1-16(15)9-5-6-10-8(7-9)3-2-4-11(10)12(13)14/h2-7,12H,1H3. The Morgan fingerprint density at radius 3 is 2.56 bits per heavy atom. The Labute approximate surface area is 94.5 Å². The van der Waals surface area contributed by atoms with Crippen molar-refractivity contribution in [1.29, 1.82) is 0 Å². The van der Waals surface area contributed by atoms with Crippen LogP contribution in [0.2, 0.25) is 0 Å². The fourth-order valence-electron chi connectivity index (χ4n) is 1.66. The average Bonchev–Trinajstić information content (AvgIpc) is 2.27. The molecule has 0 bridgehead atoms. The fraction of sp³-hybridized carbons (Fsp3) is 0.167. The van der Waals surface area contributed by atoms with E-state index in [1.165, 1.54) is 6.07 Å². The molecule has 0 aliphatic carbocycles. The van der Waals surface area contributed by atoms with Crippen molar-refractivity contribution in [2.75, 3.05) is 6.26 Å². The number of fused-ring (bicyclic) bond motifs is 1. The molecule has 16 heavy (non-hydrogen) atoms. The van der Waals surface area contributed by atoms with Gasteiger partial charge >= 0.3 is 0 Å². The van der Waals surface area contributed by atoms with Crippen molar-refractivity contribution >= 4 is 21.6 Å². The Morgan fingerprint density at radius 1 is 1.19 bits per heavy atom. The highest BCUT2D eigenvalue weighted by atomic mass is 32.2. The molecule has 84 valence electrons. The molecule has 0 aromatic heterocycles. The van der Waals surface area contributed by atoms with Gasteiger partial charge in [-0.2, -0.15) is 0 Å². The molecule has 0 N–H and O–H groups in total. The average molecular weight is 240 g/mol. The van der Waals surface area contributed by atoms with Gasteiger partial charge < -0.3 is 0 Å². The van der Waals surface area contributed by atoms with E-state index in [1.54, 1.807) is 36.6 Å². The molecule has 0 amide bonds. The van der Waals surface area contributed by atoms with Gasteiger partial charge in [-0.1, -0.05) is 24.3 Å². The molecule has 0 saturated carbocycles. The minimum Gasteiger partial charge on any atom is -0.255 e. The Bertz CT molecular complexity index is 552. The van der Waals surface area contributed by atoms with E-state index in [0.29, 0.717) is 15.7 Å². The van der Waals surface area contributed by atoms with Crippen molar-refractivity contribution in [3.8, 4) is 0 Å². The molecule has 2 aromatic rings. The van der Waals surface area contributed by atoms with E-state index in [4.69, 9.17) is 0 Å². The van der Waals surface area contributed by atoms with Crippen molar-refractivity contribution in [2.45, 2.75) is 11.3 Å². The zero-order valence-corrected chi connectivity index (χ0v) is 9.43. The maximum Gasteiger partial charge on any atom is 0.264 e. The van der Waals surface area contributed by atoms with Crippen LogP contribution in [0.15, 0.2) is 41.3 Å². The molecule has 1 nitrogen and oxygen atoms in total. The zero-order chi connectivity index (χ0) is 11.7. The van der Waals surface area contributed by atoms with Crippen LogP contribution in [0.25, 0.3) is 10.8 Å². The summed E-state index contributed by atoms with van der Waals surface area (Å²) in [7, 11) is -1.09. The van der Waals surface area contributed by atoms with Gasteiger partial charge in [0.15, 0.2) is 0 Å². The van der Waals surface area contributed by atoms with Crippen molar-refractivity contribution < 1.29 is 13.0 Å². The largest absolute Gasteiger partial charge is 0.264 e. The first-order chi connectivity index (χ1) is 7.59. The molecular formula is C12H10F2OS. The Morgan fingerprint density at radius 2 is 1.94 bits per heavy atom. The Kier molecular flexibility index (Phi) is 3.01. The number of hydrogen-bond donors (Lipinski definition) is 0. The lowest BCUT2D eigenvalue weighted by Gasteiger charge is -2.06. The lowest BCUT2D eigenvalue weighted by Crippen LogP contribution is -1.90. The van der Waals surface area contributed by atoms with Gasteiger partial charge in [-0.25, -0.2) is 8.78 Å². The van der Waals surface area contributed by atoms with Crippen LogP contribution in [0.1, 0.15) is 12.0 Å². The summed E-state index contributed by atoms with van der Waals surface area (Å²) >= 11 is 0. The van der Waals surface area contributed by atoms with Gasteiger partial charge in [-0.15, -0.1) is 0 Å². The highest BCUT2D eigenvalue weighted by Crippen LogP contribution is 2.28. The maximum absolute atomic E-state index is 12.7. The van der Waals surface area contributed by atoms with Gasteiger partial charge in [0.2, 0.25) is 0 Å². The summed E-state index contributed by atoms with van der Waals surface area (Å²) in [5.41, 5.74) is 0.0194. The normalized spacial score (nSPS) is 13.2. The van der Waals surface area contributed by atoms with Crippen LogP contribution in [0.5, 0.6) is 0 Å². The van der Waals surface area contributed by atoms with Crippen LogP contribution in [-0.2, 0) is 10.8 Å². The molecule has 2 aromatic carbocycles. The lowest BCUT2D eigenvalue weighted by molar-refractivity contribution is 0.153. The molecule has 1 atom stereocenters. The van der Waals surface area contributed by atoms with E-state index in [2.05, 4.69) is 0 Å². The minimum absolute atomic E-state index is 0.0194. The van der Waals surface area contributed by atoms with E-state index in [1.807, 2.05) is 0 Å². The number of hydrogen-bond acceptors (Lipinski definition) is 1. The SMILES string of the molecule is CS(=O)c1ccc2c(C(F)F)cccc2c1. The van der Waals surface area contributed by atoms with Gasteiger partial charge in [-0.05, 0) is 22.9 Å². The number of rotatable bonds is 2. The topological polar surface area (TPSA) is 17.1 Å². The summed E-state index contributed by atoms with van der Waals surface area (Å²) in [6.45, 7) is 0. The van der Waals surface area contributed by atoms with Gasteiger partial charge in [0.25, 0.3) is 6.43 Å². The highest BCUT2D eigenvalue weighted by molar-refractivity contribution is 7.84. The van der Waals surface area contributed by atoms with E-state index in [9.17, 15) is 13.0 Å². The van der Waals surface area contributed by atoms with Crippen molar-refractivity contribution in [3.63, 3.8) is 0 Å². The lowest BCUT2D eigenvalue weighted by atomic mass is 10.1. The second kappa shape index (κ2) is 4.29. The molecule has 0 aliphatic heterocycles. The van der Waals surface area contributed by atoms with Crippen molar-refractivity contribution in [1.82, 2.24) is 0 Å². The number of halogens is 2. The smallest absolute Gasteiger partial charge is 0.255 e. The van der Waals surface area contributed by atoms with Crippen LogP contribution in [0, 0.1) is 0 Å². The summed E-state index contributed by atoms with van der Waals surface area (Å²) < 4.78 is 36.7. The van der Waals surface area contributed by atoms with Crippen LogP contribution in [0.4, 0.5) is 8.78 Å². The molecule has 0 fully saturated rings. The molecule has 0 spiro atoms. The van der Waals surface area contributed by atoms with E-state index in [-0.39, 0.29) is 5.56 Å². The third kappa shape index (κ3) is 1.97. The van der Waals surface area contributed by atoms with Gasteiger partial charge in [0, 0.05) is 27.5 Å². The van der Waals surface area contributed by atoms with Crippen LogP contribution >= 0.6 is 0 Å². The Hall–Kier alpha value is -1.29. The summed E-state index contributed by atoms with van der Waals surface area (Å²) in [4.78, 5) is 0.652. The van der Waals surface area contributed by atoms with E-state index >= 15 is 0 Å². The van der Waals surface area contributed by atoms with Crippen LogP contribution in [-0.4, -0.2) is 10.5 Å². The van der Waals surface area contributed by atoms with Gasteiger partial charge in [0.05, 0.1) is 0 Å².